The molecule has 0 saturated carbocycles. The van der Waals surface area contributed by atoms with E-state index in [1.165, 1.54) is 0 Å². The molecule has 5 heteroatoms. The van der Waals surface area contributed by atoms with Gasteiger partial charge < -0.3 is 15.7 Å². The van der Waals surface area contributed by atoms with Crippen LogP contribution in [0.5, 0.6) is 0 Å². The molecule has 2 fully saturated rings. The van der Waals surface area contributed by atoms with Crippen LogP contribution in [0.3, 0.4) is 0 Å². The third-order valence-corrected chi connectivity index (χ3v) is 5.09. The van der Waals surface area contributed by atoms with Gasteiger partial charge >= 0.3 is 5.97 Å². The number of amides is 1. The van der Waals surface area contributed by atoms with E-state index >= 15 is 0 Å². The molecule has 2 aliphatic heterocycles. The number of hydrogen-bond donors (Lipinski definition) is 2. The van der Waals surface area contributed by atoms with Crippen molar-refractivity contribution in [2.24, 2.45) is 17.1 Å². The van der Waals surface area contributed by atoms with Crippen LogP contribution >= 0.6 is 0 Å². The van der Waals surface area contributed by atoms with Crippen LogP contribution in [0, 0.1) is 11.3 Å². The van der Waals surface area contributed by atoms with Gasteiger partial charge in [-0.2, -0.15) is 0 Å². The first kappa shape index (κ1) is 16.3. The maximum Gasteiger partial charge on any atom is 0.303 e. The minimum atomic E-state index is -0.728. The van der Waals surface area contributed by atoms with Crippen molar-refractivity contribution < 1.29 is 14.7 Å². The molecule has 2 rings (SSSR count). The van der Waals surface area contributed by atoms with Gasteiger partial charge in [0, 0.05) is 31.0 Å². The summed E-state index contributed by atoms with van der Waals surface area (Å²) in [6, 6.07) is 0.321. The molecule has 2 bridgehead atoms. The summed E-state index contributed by atoms with van der Waals surface area (Å²) in [4.78, 5) is 25.5. The molecule has 3 unspecified atom stereocenters. The van der Waals surface area contributed by atoms with Gasteiger partial charge in [-0.15, -0.1) is 0 Å². The van der Waals surface area contributed by atoms with Crippen molar-refractivity contribution in [1.29, 1.82) is 0 Å². The number of carboxylic acids is 1. The summed E-state index contributed by atoms with van der Waals surface area (Å²) in [6.07, 6.45) is 4.31. The van der Waals surface area contributed by atoms with Crippen molar-refractivity contribution in [2.45, 2.75) is 77.4 Å². The van der Waals surface area contributed by atoms with Crippen LogP contribution in [0.4, 0.5) is 0 Å². The van der Waals surface area contributed by atoms with E-state index < -0.39 is 5.97 Å². The lowest BCUT2D eigenvalue weighted by atomic mass is 9.84. The molecule has 3 atom stereocenters. The topological polar surface area (TPSA) is 83.6 Å². The molecule has 0 spiro atoms. The third kappa shape index (κ3) is 3.76. The second kappa shape index (κ2) is 5.95. The van der Waals surface area contributed by atoms with Gasteiger partial charge in [-0.25, -0.2) is 0 Å². The Kier molecular flexibility index (Phi) is 4.61. The maximum atomic E-state index is 12.6. The van der Waals surface area contributed by atoms with E-state index in [2.05, 4.69) is 20.8 Å². The Bertz CT molecular complexity index is 402. The van der Waals surface area contributed by atoms with Gasteiger partial charge in [-0.1, -0.05) is 20.8 Å². The van der Waals surface area contributed by atoms with Crippen LogP contribution in [-0.4, -0.2) is 40.0 Å². The number of carbonyl (C=O) groups is 2. The van der Waals surface area contributed by atoms with Gasteiger partial charge in [-0.05, 0) is 37.0 Å². The van der Waals surface area contributed by atoms with E-state index in [1.54, 1.807) is 0 Å². The second-order valence-corrected chi connectivity index (χ2v) is 7.80. The number of carbonyl (C=O) groups excluding carboxylic acids is 1. The SMILES string of the molecule is CC(C)(C)C(N)CC(=O)N1C2CCC1CC(CC(=O)O)C2. The molecule has 0 aromatic rings. The lowest BCUT2D eigenvalue weighted by Crippen LogP contribution is -2.49. The van der Waals surface area contributed by atoms with E-state index in [-0.39, 0.29) is 41.8 Å². The Balaban J connectivity index is 1.97. The van der Waals surface area contributed by atoms with Crippen molar-refractivity contribution in [3.8, 4) is 0 Å². The zero-order chi connectivity index (χ0) is 15.8. The fraction of sp³-hybridized carbons (Fsp3) is 0.875. The van der Waals surface area contributed by atoms with Gasteiger partial charge in [0.1, 0.15) is 0 Å². The standard InChI is InChI=1S/C16H28N2O3/c1-16(2,3)13(17)9-14(19)18-11-4-5-12(18)7-10(6-11)8-15(20)21/h10-13H,4-9,17H2,1-3H3,(H,20,21). The monoisotopic (exact) mass is 296 g/mol. The Hall–Kier alpha value is -1.10. The van der Waals surface area contributed by atoms with E-state index in [4.69, 9.17) is 10.8 Å². The molecule has 2 heterocycles. The van der Waals surface area contributed by atoms with Crippen LogP contribution < -0.4 is 5.73 Å². The van der Waals surface area contributed by atoms with Gasteiger partial charge in [-0.3, -0.25) is 9.59 Å². The fourth-order valence-corrected chi connectivity index (χ4v) is 3.71. The minimum Gasteiger partial charge on any atom is -0.481 e. The number of carboxylic acid groups (broad SMARTS) is 1. The molecular formula is C16H28N2O3. The number of nitrogens with two attached hydrogens (primary N) is 1. The number of nitrogens with zero attached hydrogens (tertiary/aromatic N) is 1. The smallest absolute Gasteiger partial charge is 0.303 e. The average molecular weight is 296 g/mol. The number of hydrogen-bond acceptors (Lipinski definition) is 3. The van der Waals surface area contributed by atoms with Crippen molar-refractivity contribution >= 4 is 11.9 Å². The summed E-state index contributed by atoms with van der Waals surface area (Å²) < 4.78 is 0. The molecule has 2 aliphatic rings. The summed E-state index contributed by atoms with van der Waals surface area (Å²) >= 11 is 0. The summed E-state index contributed by atoms with van der Waals surface area (Å²) in [5.41, 5.74) is 6.06. The van der Waals surface area contributed by atoms with Crippen molar-refractivity contribution in [3.05, 3.63) is 0 Å². The third-order valence-electron chi connectivity index (χ3n) is 5.09. The Morgan fingerprint density at radius 3 is 2.19 bits per heavy atom. The predicted octanol–water partition coefficient (Wildman–Crippen LogP) is 1.99. The normalized spacial score (nSPS) is 30.3. The number of aliphatic carboxylic acids is 1. The average Bonchev–Trinajstić information content (AvgIpc) is 2.59. The summed E-state index contributed by atoms with van der Waals surface area (Å²) in [5, 5.41) is 8.95. The highest BCUT2D eigenvalue weighted by atomic mass is 16.4. The number of fused-ring (bicyclic) bond motifs is 2. The highest BCUT2D eigenvalue weighted by Gasteiger charge is 2.43. The number of rotatable bonds is 4. The van der Waals surface area contributed by atoms with Gasteiger partial charge in [0.25, 0.3) is 0 Å². The fourth-order valence-electron chi connectivity index (χ4n) is 3.71. The lowest BCUT2D eigenvalue weighted by molar-refractivity contribution is -0.140. The molecule has 1 amide bonds. The van der Waals surface area contributed by atoms with E-state index in [1.807, 2.05) is 4.90 Å². The molecule has 21 heavy (non-hydrogen) atoms. The van der Waals surface area contributed by atoms with Crippen LogP contribution in [0.2, 0.25) is 0 Å². The van der Waals surface area contributed by atoms with Crippen LogP contribution in [-0.2, 0) is 9.59 Å². The van der Waals surface area contributed by atoms with Crippen LogP contribution in [0.25, 0.3) is 0 Å². The van der Waals surface area contributed by atoms with Gasteiger partial charge in [0.05, 0.1) is 0 Å². The number of piperidine rings is 1. The molecule has 0 radical (unpaired) electrons. The Labute approximate surface area is 126 Å². The van der Waals surface area contributed by atoms with Gasteiger partial charge in [0.15, 0.2) is 0 Å². The van der Waals surface area contributed by atoms with Crippen molar-refractivity contribution in [1.82, 2.24) is 4.90 Å². The molecule has 5 nitrogen and oxygen atoms in total. The zero-order valence-electron chi connectivity index (χ0n) is 13.3. The zero-order valence-corrected chi connectivity index (χ0v) is 13.3. The Morgan fingerprint density at radius 2 is 1.76 bits per heavy atom. The van der Waals surface area contributed by atoms with E-state index in [0.29, 0.717) is 6.42 Å². The van der Waals surface area contributed by atoms with Crippen molar-refractivity contribution in [3.63, 3.8) is 0 Å². The van der Waals surface area contributed by atoms with Gasteiger partial charge in [0.2, 0.25) is 5.91 Å². The van der Waals surface area contributed by atoms with Crippen LogP contribution in [0.15, 0.2) is 0 Å². The summed E-state index contributed by atoms with van der Waals surface area (Å²) in [5.74, 6) is -0.354. The minimum absolute atomic E-state index is 0.0731. The first-order chi connectivity index (χ1) is 9.68. The summed E-state index contributed by atoms with van der Waals surface area (Å²) in [7, 11) is 0. The first-order valence-electron chi connectivity index (χ1n) is 7.97. The summed E-state index contributed by atoms with van der Waals surface area (Å²) in [6.45, 7) is 6.16. The molecule has 0 aromatic heterocycles. The maximum absolute atomic E-state index is 12.6. The Morgan fingerprint density at radius 1 is 1.24 bits per heavy atom. The van der Waals surface area contributed by atoms with Crippen LogP contribution in [0.1, 0.15) is 59.3 Å². The first-order valence-corrected chi connectivity index (χ1v) is 7.97. The second-order valence-electron chi connectivity index (χ2n) is 7.80. The molecule has 0 aliphatic carbocycles. The molecule has 120 valence electrons. The molecule has 0 aromatic carbocycles. The highest BCUT2D eigenvalue weighted by molar-refractivity contribution is 5.78. The van der Waals surface area contributed by atoms with E-state index in [9.17, 15) is 9.59 Å². The molecule has 3 N–H and O–H groups in total. The molecular weight excluding hydrogens is 268 g/mol. The lowest BCUT2D eigenvalue weighted by Gasteiger charge is -2.40. The predicted molar refractivity (Wildman–Crippen MR) is 80.7 cm³/mol. The largest absolute Gasteiger partial charge is 0.481 e. The highest BCUT2D eigenvalue weighted by Crippen LogP contribution is 2.40. The van der Waals surface area contributed by atoms with E-state index in [0.717, 1.165) is 25.7 Å². The quantitative estimate of drug-likeness (QED) is 0.831. The van der Waals surface area contributed by atoms with Crippen molar-refractivity contribution in [2.75, 3.05) is 0 Å². The molecule has 2 saturated heterocycles.